The summed E-state index contributed by atoms with van der Waals surface area (Å²) in [6, 6.07) is 0. The Labute approximate surface area is 111 Å². The minimum absolute atomic E-state index is 0.702. The van der Waals surface area contributed by atoms with Crippen molar-refractivity contribution in [1.29, 1.82) is 0 Å². The first-order chi connectivity index (χ1) is 8.56. The Kier molecular flexibility index (Phi) is 6.13. The molecule has 0 amide bonds. The third-order valence-electron chi connectivity index (χ3n) is 2.99. The van der Waals surface area contributed by atoms with Crippen LogP contribution in [0.5, 0.6) is 0 Å². The quantitative estimate of drug-likeness (QED) is 0.805. The fraction of sp³-hybridized carbons (Fsp3) is 0.667. The van der Waals surface area contributed by atoms with Gasteiger partial charge in [0.15, 0.2) is 0 Å². The Morgan fingerprint density at radius 2 is 2.17 bits per heavy atom. The molecular formula is C15H27N3. The fourth-order valence-electron chi connectivity index (χ4n) is 1.97. The molecule has 102 valence electrons. The van der Waals surface area contributed by atoms with Crippen molar-refractivity contribution in [1.82, 2.24) is 15.1 Å². The molecule has 0 aliphatic rings. The van der Waals surface area contributed by atoms with Gasteiger partial charge in [0.25, 0.3) is 0 Å². The van der Waals surface area contributed by atoms with Gasteiger partial charge in [-0.1, -0.05) is 39.3 Å². The second-order valence-corrected chi connectivity index (χ2v) is 5.24. The Balaban J connectivity index is 2.70. The summed E-state index contributed by atoms with van der Waals surface area (Å²) in [5.41, 5.74) is 3.90. The van der Waals surface area contributed by atoms with E-state index in [1.807, 2.05) is 11.7 Å². The number of hydrogen-bond donors (Lipinski definition) is 1. The Morgan fingerprint density at radius 1 is 1.44 bits per heavy atom. The maximum atomic E-state index is 4.48. The first kappa shape index (κ1) is 15.0. The molecule has 0 unspecified atom stereocenters. The van der Waals surface area contributed by atoms with Gasteiger partial charge in [0.2, 0.25) is 0 Å². The second kappa shape index (κ2) is 7.37. The van der Waals surface area contributed by atoms with Crippen molar-refractivity contribution in [3.63, 3.8) is 0 Å². The van der Waals surface area contributed by atoms with E-state index in [-0.39, 0.29) is 0 Å². The smallest absolute Gasteiger partial charge is 0.0694 e. The summed E-state index contributed by atoms with van der Waals surface area (Å²) in [6.07, 6.45) is 6.47. The van der Waals surface area contributed by atoms with Crippen molar-refractivity contribution in [2.24, 2.45) is 13.0 Å². The monoisotopic (exact) mass is 249 g/mol. The molecule has 1 aromatic rings. The third kappa shape index (κ3) is 4.65. The molecule has 18 heavy (non-hydrogen) atoms. The molecule has 1 N–H and O–H groups in total. The molecule has 0 spiro atoms. The number of hydrogen-bond acceptors (Lipinski definition) is 2. The summed E-state index contributed by atoms with van der Waals surface area (Å²) in [6.45, 7) is 10.9. The number of nitrogens with zero attached hydrogens (tertiary/aromatic N) is 2. The molecule has 3 heteroatoms. The summed E-state index contributed by atoms with van der Waals surface area (Å²) >= 11 is 0. The predicted molar refractivity (Wildman–Crippen MR) is 78.6 cm³/mol. The summed E-state index contributed by atoms with van der Waals surface area (Å²) < 4.78 is 1.90. The maximum absolute atomic E-state index is 4.48. The van der Waals surface area contributed by atoms with E-state index in [0.29, 0.717) is 5.92 Å². The summed E-state index contributed by atoms with van der Waals surface area (Å²) in [7, 11) is 1.99. The van der Waals surface area contributed by atoms with Gasteiger partial charge in [-0.25, -0.2) is 0 Å². The van der Waals surface area contributed by atoms with E-state index in [2.05, 4.69) is 50.4 Å². The lowest BCUT2D eigenvalue weighted by Crippen LogP contribution is -2.21. The molecule has 1 rings (SSSR count). The van der Waals surface area contributed by atoms with Crippen molar-refractivity contribution in [2.75, 3.05) is 13.1 Å². The first-order valence-corrected chi connectivity index (χ1v) is 6.99. The molecule has 1 heterocycles. The normalized spacial score (nSPS) is 12.4. The summed E-state index contributed by atoms with van der Waals surface area (Å²) in [5.74, 6) is 0.702. The van der Waals surface area contributed by atoms with Crippen LogP contribution in [0.15, 0.2) is 11.8 Å². The number of aromatic nitrogens is 2. The zero-order chi connectivity index (χ0) is 13.5. The first-order valence-electron chi connectivity index (χ1n) is 6.99. The minimum Gasteiger partial charge on any atom is -0.313 e. The van der Waals surface area contributed by atoms with E-state index in [4.69, 9.17) is 0 Å². The molecule has 1 aromatic heterocycles. The lowest BCUT2D eigenvalue weighted by Gasteiger charge is -2.09. The number of aryl methyl sites for hydroxylation is 2. The van der Waals surface area contributed by atoms with E-state index in [9.17, 15) is 0 Å². The van der Waals surface area contributed by atoms with Crippen molar-refractivity contribution >= 4 is 6.08 Å². The maximum Gasteiger partial charge on any atom is 0.0694 e. The molecule has 3 nitrogen and oxygen atoms in total. The van der Waals surface area contributed by atoms with E-state index in [1.54, 1.807) is 0 Å². The highest BCUT2D eigenvalue weighted by atomic mass is 15.2. The molecule has 0 aliphatic heterocycles. The third-order valence-corrected chi connectivity index (χ3v) is 2.99. The molecule has 0 bridgehead atoms. The molecule has 0 aromatic carbocycles. The standard InChI is InChI=1S/C15H27N3/c1-6-13(10-16-9-12(3)4)8-14-11-18(5)17-15(14)7-2/h8,11-12,16H,6-7,9-10H2,1-5H3. The molecule has 0 saturated carbocycles. The highest BCUT2D eigenvalue weighted by Gasteiger charge is 2.04. The van der Waals surface area contributed by atoms with E-state index < -0.39 is 0 Å². The van der Waals surface area contributed by atoms with Gasteiger partial charge in [0.1, 0.15) is 0 Å². The zero-order valence-electron chi connectivity index (χ0n) is 12.5. The van der Waals surface area contributed by atoms with Crippen molar-refractivity contribution < 1.29 is 0 Å². The van der Waals surface area contributed by atoms with Gasteiger partial charge >= 0.3 is 0 Å². The average Bonchev–Trinajstić information content (AvgIpc) is 2.67. The number of nitrogens with one attached hydrogen (secondary N) is 1. The van der Waals surface area contributed by atoms with Gasteiger partial charge in [-0.3, -0.25) is 4.68 Å². The highest BCUT2D eigenvalue weighted by Crippen LogP contribution is 2.13. The molecule has 0 radical (unpaired) electrons. The average molecular weight is 249 g/mol. The van der Waals surface area contributed by atoms with E-state index in [0.717, 1.165) is 25.9 Å². The van der Waals surface area contributed by atoms with Crippen LogP contribution in [0.1, 0.15) is 45.4 Å². The summed E-state index contributed by atoms with van der Waals surface area (Å²) in [4.78, 5) is 0. The van der Waals surface area contributed by atoms with Crippen LogP contribution in [0.25, 0.3) is 6.08 Å². The van der Waals surface area contributed by atoms with Gasteiger partial charge in [-0.2, -0.15) is 5.10 Å². The lowest BCUT2D eigenvalue weighted by atomic mass is 10.1. The van der Waals surface area contributed by atoms with Crippen LogP contribution < -0.4 is 5.32 Å². The van der Waals surface area contributed by atoms with Crippen molar-refractivity contribution in [3.05, 3.63) is 23.0 Å². The van der Waals surface area contributed by atoms with Crippen LogP contribution in [0, 0.1) is 5.92 Å². The Bertz CT molecular complexity index is 388. The van der Waals surface area contributed by atoms with Gasteiger partial charge in [0.05, 0.1) is 5.69 Å². The lowest BCUT2D eigenvalue weighted by molar-refractivity contribution is 0.569. The van der Waals surface area contributed by atoms with Crippen LogP contribution in [0.3, 0.4) is 0 Å². The topological polar surface area (TPSA) is 29.9 Å². The molecule has 0 aliphatic carbocycles. The van der Waals surface area contributed by atoms with Crippen molar-refractivity contribution in [3.8, 4) is 0 Å². The predicted octanol–water partition coefficient (Wildman–Crippen LogP) is 3.02. The van der Waals surface area contributed by atoms with Gasteiger partial charge in [-0.05, 0) is 25.3 Å². The van der Waals surface area contributed by atoms with Crippen LogP contribution in [0.2, 0.25) is 0 Å². The van der Waals surface area contributed by atoms with Gasteiger partial charge < -0.3 is 5.32 Å². The van der Waals surface area contributed by atoms with E-state index in [1.165, 1.54) is 16.8 Å². The molecule has 0 fully saturated rings. The fourth-order valence-corrected chi connectivity index (χ4v) is 1.97. The van der Waals surface area contributed by atoms with Crippen LogP contribution >= 0.6 is 0 Å². The Hall–Kier alpha value is -1.09. The second-order valence-electron chi connectivity index (χ2n) is 5.24. The zero-order valence-corrected chi connectivity index (χ0v) is 12.5. The molecule has 0 saturated heterocycles. The largest absolute Gasteiger partial charge is 0.313 e. The Morgan fingerprint density at radius 3 is 2.72 bits per heavy atom. The summed E-state index contributed by atoms with van der Waals surface area (Å²) in [5, 5.41) is 7.98. The van der Waals surface area contributed by atoms with Gasteiger partial charge in [0, 0.05) is 25.4 Å². The van der Waals surface area contributed by atoms with Crippen LogP contribution in [0.4, 0.5) is 0 Å². The molecule has 0 atom stereocenters. The van der Waals surface area contributed by atoms with E-state index >= 15 is 0 Å². The van der Waals surface area contributed by atoms with Crippen molar-refractivity contribution in [2.45, 2.75) is 40.5 Å². The SMILES string of the molecule is CCC(=Cc1cn(C)nc1CC)CNCC(C)C. The highest BCUT2D eigenvalue weighted by molar-refractivity contribution is 5.54. The van der Waals surface area contributed by atoms with Crippen LogP contribution in [-0.2, 0) is 13.5 Å². The number of rotatable bonds is 7. The van der Waals surface area contributed by atoms with Crippen LogP contribution in [-0.4, -0.2) is 22.9 Å². The molecular weight excluding hydrogens is 222 g/mol. The minimum atomic E-state index is 0.702. The van der Waals surface area contributed by atoms with Gasteiger partial charge in [-0.15, -0.1) is 0 Å².